The third-order valence-electron chi connectivity index (χ3n) is 3.94. The first-order valence-corrected chi connectivity index (χ1v) is 9.53. The van der Waals surface area contributed by atoms with Crippen molar-refractivity contribution in [1.82, 2.24) is 9.47 Å². The molecule has 0 atom stereocenters. The van der Waals surface area contributed by atoms with E-state index in [0.717, 1.165) is 32.0 Å². The van der Waals surface area contributed by atoms with E-state index in [0.29, 0.717) is 11.4 Å². The van der Waals surface area contributed by atoms with Crippen LogP contribution in [0, 0.1) is 0 Å². The summed E-state index contributed by atoms with van der Waals surface area (Å²) in [6.07, 6.45) is 0. The van der Waals surface area contributed by atoms with E-state index in [9.17, 15) is 9.59 Å². The largest absolute Gasteiger partial charge is 0.339 e. The van der Waals surface area contributed by atoms with E-state index < -0.39 is 0 Å². The Morgan fingerprint density at radius 3 is 2.35 bits per heavy atom. The number of fused-ring (bicyclic) bond motifs is 1. The maximum absolute atomic E-state index is 12.7. The standard InChI is InChI=1S/C19H18BrN3O2S/c1-22(2)19(25)26-13-10-8-12(9-11-13)21-18(24)17-16(20)14-6-4-5-7-15(14)23(17)3/h4-11H,1-3H3,(H,21,24). The van der Waals surface area contributed by atoms with E-state index in [4.69, 9.17) is 0 Å². The summed E-state index contributed by atoms with van der Waals surface area (Å²) in [5, 5.41) is 3.86. The molecule has 0 aliphatic heterocycles. The summed E-state index contributed by atoms with van der Waals surface area (Å²) >= 11 is 4.69. The van der Waals surface area contributed by atoms with Crippen LogP contribution < -0.4 is 5.32 Å². The van der Waals surface area contributed by atoms with E-state index >= 15 is 0 Å². The average Bonchev–Trinajstić information content (AvgIpc) is 2.88. The quantitative estimate of drug-likeness (QED) is 0.595. The summed E-state index contributed by atoms with van der Waals surface area (Å²) in [6, 6.07) is 15.1. The van der Waals surface area contributed by atoms with Gasteiger partial charge in [-0.1, -0.05) is 18.2 Å². The molecule has 0 unspecified atom stereocenters. The Morgan fingerprint density at radius 2 is 1.73 bits per heavy atom. The van der Waals surface area contributed by atoms with Crippen LogP contribution in [0.15, 0.2) is 57.9 Å². The topological polar surface area (TPSA) is 54.3 Å². The molecule has 2 amide bonds. The van der Waals surface area contributed by atoms with Crippen LogP contribution in [0.4, 0.5) is 10.5 Å². The van der Waals surface area contributed by atoms with Gasteiger partial charge in [-0.2, -0.15) is 0 Å². The van der Waals surface area contributed by atoms with E-state index in [2.05, 4.69) is 21.2 Å². The number of aryl methyl sites for hydroxylation is 1. The summed E-state index contributed by atoms with van der Waals surface area (Å²) in [5.74, 6) is -0.194. The number of benzene rings is 2. The smallest absolute Gasteiger partial charge is 0.285 e. The van der Waals surface area contributed by atoms with Crippen LogP contribution in [0.1, 0.15) is 10.5 Å². The summed E-state index contributed by atoms with van der Waals surface area (Å²) < 4.78 is 2.64. The lowest BCUT2D eigenvalue weighted by Gasteiger charge is -2.10. The number of anilines is 1. The zero-order valence-corrected chi connectivity index (χ0v) is 17.0. The van der Waals surface area contributed by atoms with Crippen LogP contribution in [0.2, 0.25) is 0 Å². The highest BCUT2D eigenvalue weighted by atomic mass is 79.9. The van der Waals surface area contributed by atoms with Gasteiger partial charge in [0.2, 0.25) is 0 Å². The molecule has 0 saturated carbocycles. The summed E-state index contributed by atoms with van der Waals surface area (Å²) in [7, 11) is 5.30. The van der Waals surface area contributed by atoms with Gasteiger partial charge in [-0.15, -0.1) is 0 Å². The highest BCUT2D eigenvalue weighted by Crippen LogP contribution is 2.31. The molecule has 134 valence electrons. The fourth-order valence-electron chi connectivity index (χ4n) is 2.59. The van der Waals surface area contributed by atoms with Gasteiger partial charge in [-0.3, -0.25) is 9.59 Å². The number of nitrogens with one attached hydrogen (secondary N) is 1. The molecule has 0 saturated heterocycles. The molecular weight excluding hydrogens is 414 g/mol. The Labute approximate surface area is 164 Å². The van der Waals surface area contributed by atoms with Gasteiger partial charge in [0.15, 0.2) is 0 Å². The normalized spacial score (nSPS) is 10.8. The lowest BCUT2D eigenvalue weighted by Crippen LogP contribution is -2.16. The zero-order valence-electron chi connectivity index (χ0n) is 14.6. The number of hydrogen-bond donors (Lipinski definition) is 1. The number of halogens is 1. The van der Waals surface area contributed by atoms with Gasteiger partial charge in [-0.05, 0) is 58.0 Å². The second-order valence-electron chi connectivity index (χ2n) is 5.98. The lowest BCUT2D eigenvalue weighted by molar-refractivity contribution is 0.101. The number of hydrogen-bond acceptors (Lipinski definition) is 3. The lowest BCUT2D eigenvalue weighted by atomic mass is 10.2. The first-order valence-electron chi connectivity index (χ1n) is 7.92. The van der Waals surface area contributed by atoms with Gasteiger partial charge < -0.3 is 14.8 Å². The number of nitrogens with zero attached hydrogens (tertiary/aromatic N) is 2. The highest BCUT2D eigenvalue weighted by Gasteiger charge is 2.19. The van der Waals surface area contributed by atoms with Crippen LogP contribution >= 0.6 is 27.7 Å². The van der Waals surface area contributed by atoms with Gasteiger partial charge in [0.1, 0.15) is 5.69 Å². The maximum atomic E-state index is 12.7. The molecular formula is C19H18BrN3O2S. The van der Waals surface area contributed by atoms with Crippen LogP contribution in [-0.2, 0) is 7.05 Å². The van der Waals surface area contributed by atoms with E-state index in [1.54, 1.807) is 26.2 Å². The number of para-hydroxylation sites is 1. The monoisotopic (exact) mass is 431 g/mol. The van der Waals surface area contributed by atoms with Crippen LogP contribution in [0.5, 0.6) is 0 Å². The van der Waals surface area contributed by atoms with Crippen molar-refractivity contribution in [1.29, 1.82) is 0 Å². The summed E-state index contributed by atoms with van der Waals surface area (Å²) in [6.45, 7) is 0. The molecule has 1 N–H and O–H groups in total. The molecule has 1 heterocycles. The van der Waals surface area contributed by atoms with E-state index in [1.165, 1.54) is 4.90 Å². The molecule has 3 aromatic rings. The Bertz CT molecular complexity index is 941. The molecule has 0 bridgehead atoms. The molecule has 0 radical (unpaired) electrons. The summed E-state index contributed by atoms with van der Waals surface area (Å²) in [5.41, 5.74) is 2.22. The Morgan fingerprint density at radius 1 is 1.08 bits per heavy atom. The fourth-order valence-corrected chi connectivity index (χ4v) is 4.03. The van der Waals surface area contributed by atoms with Crippen LogP contribution in [0.3, 0.4) is 0 Å². The molecule has 0 fully saturated rings. The minimum atomic E-state index is -0.194. The molecule has 0 aliphatic carbocycles. The molecule has 7 heteroatoms. The van der Waals surface area contributed by atoms with Gasteiger partial charge in [0.05, 0.1) is 4.47 Å². The minimum absolute atomic E-state index is 0.0405. The van der Waals surface area contributed by atoms with E-state index in [-0.39, 0.29) is 11.1 Å². The second kappa shape index (κ2) is 7.55. The van der Waals surface area contributed by atoms with Gasteiger partial charge in [0.25, 0.3) is 11.1 Å². The number of rotatable bonds is 3. The predicted molar refractivity (Wildman–Crippen MR) is 110 cm³/mol. The SMILES string of the molecule is CN(C)C(=O)Sc1ccc(NC(=O)c2c(Br)c3ccccc3n2C)cc1. The molecule has 26 heavy (non-hydrogen) atoms. The first-order chi connectivity index (χ1) is 12.4. The minimum Gasteiger partial charge on any atom is -0.339 e. The Kier molecular flexibility index (Phi) is 5.38. The number of amides is 2. The van der Waals surface area contributed by atoms with E-state index in [1.807, 2.05) is 48.0 Å². The van der Waals surface area contributed by atoms with Gasteiger partial charge >= 0.3 is 0 Å². The third-order valence-corrected chi connectivity index (χ3v) is 5.79. The molecule has 0 spiro atoms. The molecule has 0 aliphatic rings. The van der Waals surface area contributed by atoms with Crippen molar-refractivity contribution in [3.8, 4) is 0 Å². The van der Waals surface area contributed by atoms with Crippen molar-refractivity contribution in [3.63, 3.8) is 0 Å². The second-order valence-corrected chi connectivity index (χ2v) is 7.80. The van der Waals surface area contributed by atoms with Crippen molar-refractivity contribution >= 4 is 55.4 Å². The fraction of sp³-hybridized carbons (Fsp3) is 0.158. The maximum Gasteiger partial charge on any atom is 0.285 e. The molecule has 5 nitrogen and oxygen atoms in total. The zero-order chi connectivity index (χ0) is 18.8. The van der Waals surface area contributed by atoms with Crippen molar-refractivity contribution in [3.05, 3.63) is 58.7 Å². The number of carbonyl (C=O) groups is 2. The van der Waals surface area contributed by atoms with Crippen LogP contribution in [-0.4, -0.2) is 34.7 Å². The highest BCUT2D eigenvalue weighted by molar-refractivity contribution is 9.10. The van der Waals surface area contributed by atoms with Crippen molar-refractivity contribution < 1.29 is 9.59 Å². The Balaban J connectivity index is 1.79. The average molecular weight is 432 g/mol. The van der Waals surface area contributed by atoms with Crippen LogP contribution in [0.25, 0.3) is 10.9 Å². The van der Waals surface area contributed by atoms with Gasteiger partial charge in [-0.25, -0.2) is 0 Å². The number of aromatic nitrogens is 1. The van der Waals surface area contributed by atoms with Crippen molar-refractivity contribution in [2.45, 2.75) is 4.90 Å². The Hall–Kier alpha value is -2.25. The van der Waals surface area contributed by atoms with Crippen molar-refractivity contribution in [2.75, 3.05) is 19.4 Å². The molecule has 2 aromatic carbocycles. The van der Waals surface area contributed by atoms with Crippen molar-refractivity contribution in [2.24, 2.45) is 7.05 Å². The number of thioether (sulfide) groups is 1. The molecule has 3 rings (SSSR count). The molecule has 1 aromatic heterocycles. The third kappa shape index (κ3) is 3.64. The number of carbonyl (C=O) groups excluding carboxylic acids is 2. The summed E-state index contributed by atoms with van der Waals surface area (Å²) in [4.78, 5) is 26.8. The first kappa shape index (κ1) is 18.5. The van der Waals surface area contributed by atoms with Gasteiger partial charge in [0, 0.05) is 42.6 Å². The predicted octanol–water partition coefficient (Wildman–Crippen LogP) is 4.97.